The van der Waals surface area contributed by atoms with Crippen molar-refractivity contribution in [3.8, 4) is 0 Å². The second kappa shape index (κ2) is 4.85. The lowest BCUT2D eigenvalue weighted by Gasteiger charge is -2.14. The minimum Gasteiger partial charge on any atom is -0.234 e. The van der Waals surface area contributed by atoms with Gasteiger partial charge in [-0.1, -0.05) is 24.4 Å². The van der Waals surface area contributed by atoms with Gasteiger partial charge in [0.2, 0.25) is 0 Å². The topological polar surface area (TPSA) is 3.01 Å². The van der Waals surface area contributed by atoms with E-state index >= 15 is 0 Å². The largest absolute Gasteiger partial charge is 0.234 e. The Morgan fingerprint density at radius 3 is 2.69 bits per heavy atom. The molecule has 1 unspecified atom stereocenters. The lowest BCUT2D eigenvalue weighted by molar-refractivity contribution is 0.699. The van der Waals surface area contributed by atoms with Crippen molar-refractivity contribution in [2.45, 2.75) is 57.4 Å². The summed E-state index contributed by atoms with van der Waals surface area (Å²) in [6.45, 7) is 8.55. The summed E-state index contributed by atoms with van der Waals surface area (Å²) in [5.41, 5.74) is 4.29. The van der Waals surface area contributed by atoms with Gasteiger partial charge in [0.15, 0.2) is 0 Å². The predicted molar refractivity (Wildman–Crippen MR) is 78.9 cm³/mol. The second-order valence-electron chi connectivity index (χ2n) is 5.17. The van der Waals surface area contributed by atoms with Crippen molar-refractivity contribution in [2.24, 2.45) is 0 Å². The number of rotatable bonds is 2. The predicted octanol–water partition coefficient (Wildman–Crippen LogP) is 3.81. The smallest absolute Gasteiger partial charge is 0.0704 e. The van der Waals surface area contributed by atoms with Gasteiger partial charge in [-0.15, -0.1) is 0 Å². The van der Waals surface area contributed by atoms with Gasteiger partial charge in [0.05, 0.1) is 13.9 Å². The van der Waals surface area contributed by atoms with Gasteiger partial charge >= 0.3 is 0 Å². The molecular weight excluding hydrogens is 308 g/mol. The van der Waals surface area contributed by atoms with Gasteiger partial charge in [0.25, 0.3) is 0 Å². The molecule has 0 N–H and O–H groups in total. The van der Waals surface area contributed by atoms with Gasteiger partial charge in [0, 0.05) is 28.9 Å². The van der Waals surface area contributed by atoms with Crippen LogP contribution in [0.5, 0.6) is 0 Å². The lowest BCUT2D eigenvalue weighted by atomic mass is 9.78. The van der Waals surface area contributed by atoms with Crippen molar-refractivity contribution in [3.63, 3.8) is 0 Å². The molecule has 1 nitrogen and oxygen atoms in total. The molecule has 16 heavy (non-hydrogen) atoms. The zero-order valence-corrected chi connectivity index (χ0v) is 12.3. The molecule has 0 bridgehead atoms. The maximum atomic E-state index is 6.12. The van der Waals surface area contributed by atoms with E-state index in [0.717, 1.165) is 12.8 Å². The van der Waals surface area contributed by atoms with E-state index in [1.165, 1.54) is 24.0 Å². The maximum Gasteiger partial charge on any atom is 0.0704 e. The monoisotopic (exact) mass is 327 g/mol. The highest BCUT2D eigenvalue weighted by atomic mass is 127. The SMILES string of the molecule is [B][C@@H]1CCCC([C@@H]2[C@H](C)N2I)=C(C(=C)C)C1. The van der Waals surface area contributed by atoms with Gasteiger partial charge < -0.3 is 0 Å². The fourth-order valence-electron chi connectivity index (χ4n) is 2.73. The summed E-state index contributed by atoms with van der Waals surface area (Å²) in [6, 6.07) is 1.34. The molecule has 1 heterocycles. The van der Waals surface area contributed by atoms with Crippen LogP contribution in [0, 0.1) is 0 Å². The van der Waals surface area contributed by atoms with Crippen LogP contribution >= 0.6 is 22.9 Å². The Balaban J connectivity index is 2.27. The summed E-state index contributed by atoms with van der Waals surface area (Å²) in [4.78, 5) is 0. The van der Waals surface area contributed by atoms with E-state index < -0.39 is 0 Å². The Kier molecular flexibility index (Phi) is 3.84. The molecule has 3 heteroatoms. The van der Waals surface area contributed by atoms with E-state index in [1.54, 1.807) is 5.57 Å². The fraction of sp³-hybridized carbons (Fsp3) is 0.692. The number of hydrogen-bond acceptors (Lipinski definition) is 1. The number of hydrogen-bond donors (Lipinski definition) is 0. The van der Waals surface area contributed by atoms with Crippen LogP contribution in [0.3, 0.4) is 0 Å². The summed E-state index contributed by atoms with van der Waals surface area (Å²) < 4.78 is 2.41. The molecule has 1 saturated heterocycles. The highest BCUT2D eigenvalue weighted by Gasteiger charge is 2.45. The molecule has 0 aromatic heterocycles. The summed E-state index contributed by atoms with van der Waals surface area (Å²) in [7, 11) is 6.12. The average molecular weight is 327 g/mol. The first kappa shape index (κ1) is 12.7. The molecule has 0 saturated carbocycles. The van der Waals surface area contributed by atoms with Crippen LogP contribution in [0.4, 0.5) is 0 Å². The molecule has 4 atom stereocenters. The third kappa shape index (κ3) is 2.40. The molecule has 2 radical (unpaired) electrons. The molecule has 0 amide bonds. The Hall–Kier alpha value is 0.235. The molecule has 0 spiro atoms. The van der Waals surface area contributed by atoms with E-state index in [4.69, 9.17) is 7.85 Å². The average Bonchev–Trinajstić information content (AvgIpc) is 2.84. The molecule has 0 aromatic carbocycles. The van der Waals surface area contributed by atoms with E-state index in [2.05, 4.69) is 46.4 Å². The van der Waals surface area contributed by atoms with Crippen LogP contribution in [-0.4, -0.2) is 23.0 Å². The molecule has 1 fully saturated rings. The Morgan fingerprint density at radius 2 is 2.19 bits per heavy atom. The molecule has 1 aliphatic heterocycles. The Morgan fingerprint density at radius 1 is 1.56 bits per heavy atom. The van der Waals surface area contributed by atoms with Crippen molar-refractivity contribution in [1.82, 2.24) is 3.11 Å². The zero-order valence-electron chi connectivity index (χ0n) is 10.2. The van der Waals surface area contributed by atoms with Crippen molar-refractivity contribution in [2.75, 3.05) is 0 Å². The minimum absolute atomic E-state index is 0.334. The summed E-state index contributed by atoms with van der Waals surface area (Å²) >= 11 is 2.43. The Bertz CT molecular complexity index is 329. The normalized spacial score (nSPS) is 39.4. The maximum absolute atomic E-state index is 6.12. The van der Waals surface area contributed by atoms with Crippen LogP contribution in [0.15, 0.2) is 23.3 Å². The van der Waals surface area contributed by atoms with Crippen molar-refractivity contribution in [3.05, 3.63) is 23.3 Å². The first-order valence-corrected chi connectivity index (χ1v) is 7.06. The van der Waals surface area contributed by atoms with E-state index in [0.29, 0.717) is 17.9 Å². The van der Waals surface area contributed by atoms with E-state index in [9.17, 15) is 0 Å². The van der Waals surface area contributed by atoms with Crippen LogP contribution in [0.1, 0.15) is 39.5 Å². The van der Waals surface area contributed by atoms with Crippen LogP contribution in [-0.2, 0) is 0 Å². The second-order valence-corrected chi connectivity index (χ2v) is 6.28. The van der Waals surface area contributed by atoms with Gasteiger partial charge in [-0.3, -0.25) is 0 Å². The summed E-state index contributed by atoms with van der Waals surface area (Å²) in [5.74, 6) is 0.334. The van der Waals surface area contributed by atoms with E-state index in [1.807, 2.05) is 0 Å². The van der Waals surface area contributed by atoms with Gasteiger partial charge in [-0.2, -0.15) is 0 Å². The van der Waals surface area contributed by atoms with Crippen molar-refractivity contribution in [1.29, 1.82) is 0 Å². The molecular formula is C13H19BIN. The van der Waals surface area contributed by atoms with Crippen LogP contribution in [0.2, 0.25) is 5.82 Å². The lowest BCUT2D eigenvalue weighted by Crippen LogP contribution is -2.03. The van der Waals surface area contributed by atoms with Gasteiger partial charge in [-0.05, 0) is 44.3 Å². The highest BCUT2D eigenvalue weighted by Crippen LogP contribution is 2.45. The van der Waals surface area contributed by atoms with E-state index in [-0.39, 0.29) is 0 Å². The number of halogens is 1. The quantitative estimate of drug-likeness (QED) is 0.323. The van der Waals surface area contributed by atoms with Gasteiger partial charge in [0.1, 0.15) is 0 Å². The molecule has 1 aliphatic carbocycles. The standard InChI is InChI=1S/C13H19BIN/c1-8(2)12-7-10(14)5-4-6-11(12)13-9(3)16(13)15/h9-10,13H,1,4-7H2,2-3H3/t9-,10+,13-,16?/m0/s1. The molecule has 0 aromatic rings. The minimum atomic E-state index is 0.334. The van der Waals surface area contributed by atoms with Crippen molar-refractivity contribution < 1.29 is 0 Å². The molecule has 86 valence electrons. The third-order valence-corrected chi connectivity index (χ3v) is 5.25. The van der Waals surface area contributed by atoms with Crippen LogP contribution < -0.4 is 0 Å². The highest BCUT2D eigenvalue weighted by molar-refractivity contribution is 14.1. The van der Waals surface area contributed by atoms with Crippen LogP contribution in [0.25, 0.3) is 0 Å². The summed E-state index contributed by atoms with van der Waals surface area (Å²) in [5, 5.41) is 0. The first-order chi connectivity index (χ1) is 7.52. The Labute approximate surface area is 114 Å². The third-order valence-electron chi connectivity index (χ3n) is 3.77. The fourth-order valence-corrected chi connectivity index (χ4v) is 3.69. The van der Waals surface area contributed by atoms with Crippen molar-refractivity contribution >= 4 is 30.7 Å². The zero-order chi connectivity index (χ0) is 11.9. The summed E-state index contributed by atoms with van der Waals surface area (Å²) in [6.07, 6.45) is 4.63. The number of allylic oxidation sites excluding steroid dienone is 2. The number of nitrogens with zero attached hydrogens (tertiary/aromatic N) is 1. The first-order valence-electron chi connectivity index (χ1n) is 6.10. The molecule has 2 aliphatic rings. The molecule has 2 rings (SSSR count). The van der Waals surface area contributed by atoms with Gasteiger partial charge in [-0.25, -0.2) is 3.11 Å².